The van der Waals surface area contributed by atoms with Gasteiger partial charge in [-0.05, 0) is 35.1 Å². The predicted molar refractivity (Wildman–Crippen MR) is 130 cm³/mol. The van der Waals surface area contributed by atoms with Crippen LogP contribution in [0.1, 0.15) is 42.7 Å². The summed E-state index contributed by atoms with van der Waals surface area (Å²) in [7, 11) is 0. The van der Waals surface area contributed by atoms with Crippen LogP contribution in [0.25, 0.3) is 11.1 Å². The monoisotopic (exact) mass is 480 g/mol. The maximum Gasteiger partial charge on any atom is 0.407 e. The van der Waals surface area contributed by atoms with E-state index in [0.29, 0.717) is 24.5 Å². The van der Waals surface area contributed by atoms with Crippen molar-refractivity contribution in [2.75, 3.05) is 18.2 Å². The van der Waals surface area contributed by atoms with E-state index in [0.717, 1.165) is 24.0 Å². The highest BCUT2D eigenvalue weighted by Crippen LogP contribution is 2.44. The van der Waals surface area contributed by atoms with Gasteiger partial charge >= 0.3 is 12.1 Å². The Bertz CT molecular complexity index is 1060. The lowest BCUT2D eigenvalue weighted by Crippen LogP contribution is -2.52. The van der Waals surface area contributed by atoms with E-state index in [-0.39, 0.29) is 24.5 Å². The lowest BCUT2D eigenvalue weighted by Gasteiger charge is -2.34. The average Bonchev–Trinajstić information content (AvgIpc) is 3.46. The minimum absolute atomic E-state index is 0.0279. The maximum absolute atomic E-state index is 13.2. The minimum atomic E-state index is -0.977. The fraction of sp³-hybridized carbons (Fsp3) is 0.423. The SMILES string of the molecule is O=C(N[C@H]1CCCC[C@H]1C(=O)N1CSCC1C(=O)O)OCC1c2ccccc2-c2ccccc21. The van der Waals surface area contributed by atoms with E-state index in [1.54, 1.807) is 0 Å². The third-order valence-electron chi connectivity index (χ3n) is 7.18. The third kappa shape index (κ3) is 4.27. The number of fused-ring (bicyclic) bond motifs is 3. The molecule has 2 aromatic rings. The molecule has 0 spiro atoms. The van der Waals surface area contributed by atoms with Gasteiger partial charge in [0, 0.05) is 17.7 Å². The Balaban J connectivity index is 1.24. The van der Waals surface area contributed by atoms with E-state index in [1.807, 2.05) is 24.3 Å². The Labute approximate surface area is 202 Å². The summed E-state index contributed by atoms with van der Waals surface area (Å²) in [6.07, 6.45) is 2.59. The van der Waals surface area contributed by atoms with Crippen LogP contribution in [-0.4, -0.2) is 58.3 Å². The van der Waals surface area contributed by atoms with Gasteiger partial charge in [0.15, 0.2) is 0 Å². The standard InChI is InChI=1S/C26H28N2O5S/c29-24(28-15-34-14-23(28)25(30)31)20-11-5-6-12-22(20)27-26(32)33-13-21-18-9-3-1-7-16(18)17-8-2-4-10-19(17)21/h1-4,7-10,20-23H,5-6,11-15H2,(H,27,32)(H,30,31)/t20-,22+,23?/m1/s1. The molecule has 34 heavy (non-hydrogen) atoms. The van der Waals surface area contributed by atoms with Crippen molar-refractivity contribution in [2.45, 2.75) is 43.7 Å². The molecule has 1 aliphatic heterocycles. The second kappa shape index (κ2) is 9.70. The Morgan fingerprint density at radius 3 is 2.32 bits per heavy atom. The number of nitrogens with zero attached hydrogens (tertiary/aromatic N) is 1. The van der Waals surface area contributed by atoms with Crippen LogP contribution in [0.15, 0.2) is 48.5 Å². The van der Waals surface area contributed by atoms with Crippen LogP contribution >= 0.6 is 11.8 Å². The van der Waals surface area contributed by atoms with Gasteiger partial charge < -0.3 is 20.1 Å². The number of amides is 2. The first-order valence-corrected chi connectivity index (χ1v) is 12.9. The summed E-state index contributed by atoms with van der Waals surface area (Å²) < 4.78 is 5.68. The van der Waals surface area contributed by atoms with Crippen molar-refractivity contribution in [1.82, 2.24) is 10.2 Å². The summed E-state index contributed by atoms with van der Waals surface area (Å²) in [5.74, 6) is -0.826. The van der Waals surface area contributed by atoms with Gasteiger partial charge in [0.05, 0.1) is 11.8 Å². The molecule has 3 atom stereocenters. The van der Waals surface area contributed by atoms with E-state index >= 15 is 0 Å². The molecule has 5 rings (SSSR count). The van der Waals surface area contributed by atoms with Crippen LogP contribution in [0.2, 0.25) is 0 Å². The van der Waals surface area contributed by atoms with E-state index < -0.39 is 24.0 Å². The molecule has 0 radical (unpaired) electrons. The highest BCUT2D eigenvalue weighted by molar-refractivity contribution is 7.99. The van der Waals surface area contributed by atoms with Crippen molar-refractivity contribution >= 4 is 29.7 Å². The van der Waals surface area contributed by atoms with Crippen LogP contribution in [-0.2, 0) is 14.3 Å². The number of aliphatic carboxylic acids is 1. The molecule has 8 heteroatoms. The third-order valence-corrected chi connectivity index (χ3v) is 8.19. The maximum atomic E-state index is 13.2. The fourth-order valence-corrected chi connectivity index (χ4v) is 6.62. The van der Waals surface area contributed by atoms with Crippen molar-refractivity contribution < 1.29 is 24.2 Å². The zero-order chi connectivity index (χ0) is 23.7. The highest BCUT2D eigenvalue weighted by Gasteiger charge is 2.41. The van der Waals surface area contributed by atoms with Gasteiger partial charge in [0.1, 0.15) is 12.6 Å². The number of hydrogen-bond donors (Lipinski definition) is 2. The van der Waals surface area contributed by atoms with Crippen LogP contribution in [0.4, 0.5) is 4.79 Å². The molecule has 1 saturated heterocycles. The number of benzene rings is 2. The number of ether oxygens (including phenoxy) is 1. The molecule has 2 N–H and O–H groups in total. The van der Waals surface area contributed by atoms with Gasteiger partial charge in [-0.15, -0.1) is 11.8 Å². The number of carboxylic acid groups (broad SMARTS) is 1. The number of alkyl carbamates (subject to hydrolysis) is 1. The average molecular weight is 481 g/mol. The fourth-order valence-electron chi connectivity index (χ4n) is 5.47. The molecule has 1 unspecified atom stereocenters. The molecular formula is C26H28N2O5S. The zero-order valence-corrected chi connectivity index (χ0v) is 19.6. The number of thioether (sulfide) groups is 1. The van der Waals surface area contributed by atoms with Crippen LogP contribution < -0.4 is 5.32 Å². The number of hydrogen-bond acceptors (Lipinski definition) is 5. The second-order valence-corrected chi connectivity index (χ2v) is 10.1. The van der Waals surface area contributed by atoms with Gasteiger partial charge in [-0.1, -0.05) is 61.4 Å². The lowest BCUT2D eigenvalue weighted by molar-refractivity contribution is -0.150. The largest absolute Gasteiger partial charge is 0.480 e. The van der Waals surface area contributed by atoms with Crippen molar-refractivity contribution in [3.8, 4) is 11.1 Å². The quantitative estimate of drug-likeness (QED) is 0.670. The first-order valence-electron chi connectivity index (χ1n) is 11.8. The molecule has 1 heterocycles. The van der Waals surface area contributed by atoms with E-state index in [9.17, 15) is 19.5 Å². The lowest BCUT2D eigenvalue weighted by atomic mass is 9.83. The normalized spacial score (nSPS) is 23.8. The highest BCUT2D eigenvalue weighted by atomic mass is 32.2. The smallest absolute Gasteiger partial charge is 0.407 e. The Morgan fingerprint density at radius 1 is 1.00 bits per heavy atom. The number of carbonyl (C=O) groups excluding carboxylic acids is 2. The molecule has 2 fully saturated rings. The molecule has 2 amide bonds. The molecule has 178 valence electrons. The molecule has 0 aromatic heterocycles. The number of carbonyl (C=O) groups is 3. The van der Waals surface area contributed by atoms with Crippen molar-refractivity contribution in [3.63, 3.8) is 0 Å². The summed E-state index contributed by atoms with van der Waals surface area (Å²) in [6.45, 7) is 0.217. The van der Waals surface area contributed by atoms with Crippen LogP contribution in [0, 0.1) is 5.92 Å². The van der Waals surface area contributed by atoms with Gasteiger partial charge in [0.2, 0.25) is 5.91 Å². The summed E-state index contributed by atoms with van der Waals surface area (Å²) in [6, 6.07) is 15.2. The van der Waals surface area contributed by atoms with E-state index in [1.165, 1.54) is 27.8 Å². The molecule has 7 nitrogen and oxygen atoms in total. The number of nitrogens with one attached hydrogen (secondary N) is 1. The minimum Gasteiger partial charge on any atom is -0.480 e. The first kappa shape index (κ1) is 22.8. The summed E-state index contributed by atoms with van der Waals surface area (Å²) >= 11 is 1.45. The molecular weight excluding hydrogens is 452 g/mol. The van der Waals surface area contributed by atoms with E-state index in [2.05, 4.69) is 29.6 Å². The van der Waals surface area contributed by atoms with Gasteiger partial charge in [-0.3, -0.25) is 4.79 Å². The second-order valence-electron chi connectivity index (χ2n) is 9.13. The summed E-state index contributed by atoms with van der Waals surface area (Å²) in [4.78, 5) is 39.0. The van der Waals surface area contributed by atoms with Crippen LogP contribution in [0.5, 0.6) is 0 Å². The number of carboxylic acids is 1. The Hall–Kier alpha value is -3.00. The molecule has 2 aromatic carbocycles. The van der Waals surface area contributed by atoms with Crippen molar-refractivity contribution in [3.05, 3.63) is 59.7 Å². The molecule has 2 aliphatic carbocycles. The van der Waals surface area contributed by atoms with E-state index in [4.69, 9.17) is 4.74 Å². The first-order chi connectivity index (χ1) is 16.5. The molecule has 0 bridgehead atoms. The Kier molecular flexibility index (Phi) is 6.50. The molecule has 3 aliphatic rings. The number of rotatable bonds is 5. The van der Waals surface area contributed by atoms with Gasteiger partial charge in [-0.2, -0.15) is 0 Å². The van der Waals surface area contributed by atoms with Gasteiger partial charge in [0.25, 0.3) is 0 Å². The summed E-state index contributed by atoms with van der Waals surface area (Å²) in [5.41, 5.74) is 4.63. The predicted octanol–water partition coefficient (Wildman–Crippen LogP) is 4.07. The Morgan fingerprint density at radius 2 is 1.65 bits per heavy atom. The van der Waals surface area contributed by atoms with Crippen molar-refractivity contribution in [2.24, 2.45) is 5.92 Å². The van der Waals surface area contributed by atoms with Gasteiger partial charge in [-0.25, -0.2) is 9.59 Å². The zero-order valence-electron chi connectivity index (χ0n) is 18.8. The topological polar surface area (TPSA) is 95.9 Å². The van der Waals surface area contributed by atoms with Crippen molar-refractivity contribution in [1.29, 1.82) is 0 Å². The molecule has 1 saturated carbocycles. The van der Waals surface area contributed by atoms with Crippen LogP contribution in [0.3, 0.4) is 0 Å². The summed E-state index contributed by atoms with van der Waals surface area (Å²) in [5, 5.41) is 12.4.